The van der Waals surface area contributed by atoms with Crippen LogP contribution in [0.1, 0.15) is 37.4 Å². The Labute approximate surface area is 206 Å². The van der Waals surface area contributed by atoms with E-state index in [1.807, 2.05) is 30.3 Å². The lowest BCUT2D eigenvalue weighted by atomic mass is 10.1. The number of pyridine rings is 1. The number of aryl methyl sites for hydroxylation is 4. The van der Waals surface area contributed by atoms with E-state index in [1.54, 1.807) is 21.9 Å². The molecule has 4 rings (SSSR count). The van der Waals surface area contributed by atoms with Crippen molar-refractivity contribution in [3.8, 4) is 0 Å². The summed E-state index contributed by atoms with van der Waals surface area (Å²) in [4.78, 5) is 42.9. The van der Waals surface area contributed by atoms with E-state index in [2.05, 4.69) is 42.3 Å². The molecule has 2 heterocycles. The molecule has 35 heavy (non-hydrogen) atoms. The van der Waals surface area contributed by atoms with Crippen molar-refractivity contribution in [3.05, 3.63) is 99.0 Å². The fourth-order valence-corrected chi connectivity index (χ4v) is 4.59. The van der Waals surface area contributed by atoms with Crippen molar-refractivity contribution >= 4 is 17.5 Å². The molecule has 182 valence electrons. The van der Waals surface area contributed by atoms with E-state index >= 15 is 0 Å². The van der Waals surface area contributed by atoms with Gasteiger partial charge in [0.15, 0.2) is 0 Å². The lowest BCUT2D eigenvalue weighted by Crippen LogP contribution is -2.50. The Morgan fingerprint density at radius 1 is 0.914 bits per heavy atom. The van der Waals surface area contributed by atoms with Gasteiger partial charge in [0.1, 0.15) is 11.1 Å². The topological polar surface area (TPSA) is 74.7 Å². The van der Waals surface area contributed by atoms with E-state index in [0.717, 1.165) is 12.0 Å². The third kappa shape index (κ3) is 5.45. The van der Waals surface area contributed by atoms with Crippen LogP contribution in [0.3, 0.4) is 0 Å². The molecule has 3 aromatic rings. The number of anilines is 1. The molecular formula is C28H32N4O3. The summed E-state index contributed by atoms with van der Waals surface area (Å²) in [5, 5.41) is 2.52. The second kappa shape index (κ2) is 10.6. The molecule has 1 N–H and O–H groups in total. The van der Waals surface area contributed by atoms with Gasteiger partial charge in [0.25, 0.3) is 11.8 Å². The maximum Gasteiger partial charge on any atom is 0.259 e. The van der Waals surface area contributed by atoms with Crippen LogP contribution in [-0.2, 0) is 13.0 Å². The first-order chi connectivity index (χ1) is 16.9. The molecule has 1 saturated heterocycles. The summed E-state index contributed by atoms with van der Waals surface area (Å²) in [6, 6.07) is 16.4. The van der Waals surface area contributed by atoms with Crippen molar-refractivity contribution in [2.24, 2.45) is 0 Å². The standard InChI is InChI=1S/C28H32N4O3/c1-20-9-10-25(21(2)17-20)31-13-15-32(16-14-31)28(35)24-19-30(12-11-22-7-5-4-6-8-22)18-23(26(24)33)27(34)29-3/h4-10,17-19H,11-16H2,1-3H3,(H,29,34). The van der Waals surface area contributed by atoms with Crippen LogP contribution in [0.15, 0.2) is 65.7 Å². The lowest BCUT2D eigenvalue weighted by molar-refractivity contribution is 0.0744. The van der Waals surface area contributed by atoms with Gasteiger partial charge in [-0.1, -0.05) is 48.0 Å². The first-order valence-electron chi connectivity index (χ1n) is 12.0. The maximum absolute atomic E-state index is 13.4. The minimum atomic E-state index is -0.526. The molecule has 2 amide bonds. The minimum absolute atomic E-state index is 0.0136. The van der Waals surface area contributed by atoms with E-state index in [0.29, 0.717) is 32.7 Å². The molecule has 0 saturated carbocycles. The molecule has 7 heteroatoms. The molecule has 0 unspecified atom stereocenters. The molecule has 1 aliphatic rings. The molecule has 1 aromatic heterocycles. The zero-order valence-corrected chi connectivity index (χ0v) is 20.6. The van der Waals surface area contributed by atoms with Gasteiger partial charge < -0.3 is 19.7 Å². The van der Waals surface area contributed by atoms with E-state index in [9.17, 15) is 14.4 Å². The third-order valence-electron chi connectivity index (χ3n) is 6.54. The van der Waals surface area contributed by atoms with Gasteiger partial charge in [0, 0.05) is 57.9 Å². The number of nitrogens with zero attached hydrogens (tertiary/aromatic N) is 3. The molecule has 1 aliphatic heterocycles. The summed E-state index contributed by atoms with van der Waals surface area (Å²) in [5.41, 5.74) is 4.25. The van der Waals surface area contributed by atoms with Gasteiger partial charge >= 0.3 is 0 Å². The van der Waals surface area contributed by atoms with Gasteiger partial charge in [0.2, 0.25) is 5.43 Å². The lowest BCUT2D eigenvalue weighted by Gasteiger charge is -2.37. The van der Waals surface area contributed by atoms with Gasteiger partial charge in [-0.15, -0.1) is 0 Å². The third-order valence-corrected chi connectivity index (χ3v) is 6.54. The quantitative estimate of drug-likeness (QED) is 0.599. The molecule has 0 bridgehead atoms. The Hall–Kier alpha value is -3.87. The fourth-order valence-electron chi connectivity index (χ4n) is 4.59. The smallest absolute Gasteiger partial charge is 0.259 e. The van der Waals surface area contributed by atoms with Crippen molar-refractivity contribution in [3.63, 3.8) is 0 Å². The van der Waals surface area contributed by atoms with Crippen LogP contribution in [0.2, 0.25) is 0 Å². The summed E-state index contributed by atoms with van der Waals surface area (Å²) in [5.74, 6) is -0.813. The molecule has 1 fully saturated rings. The monoisotopic (exact) mass is 472 g/mol. The van der Waals surface area contributed by atoms with Crippen molar-refractivity contribution in [2.45, 2.75) is 26.8 Å². The second-order valence-corrected chi connectivity index (χ2v) is 9.04. The van der Waals surface area contributed by atoms with Crippen LogP contribution in [0, 0.1) is 13.8 Å². The normalized spacial score (nSPS) is 13.6. The number of rotatable bonds is 6. The summed E-state index contributed by atoms with van der Waals surface area (Å²) < 4.78 is 1.78. The number of carbonyl (C=O) groups excluding carboxylic acids is 2. The number of aromatic nitrogens is 1. The number of hydrogen-bond acceptors (Lipinski definition) is 4. The van der Waals surface area contributed by atoms with Crippen LogP contribution in [-0.4, -0.2) is 54.5 Å². The van der Waals surface area contributed by atoms with Gasteiger partial charge in [-0.25, -0.2) is 0 Å². The first kappa shape index (κ1) is 24.3. The van der Waals surface area contributed by atoms with Crippen LogP contribution in [0.4, 0.5) is 5.69 Å². The summed E-state index contributed by atoms with van der Waals surface area (Å²) in [6.45, 7) is 7.13. The van der Waals surface area contributed by atoms with Gasteiger partial charge in [-0.2, -0.15) is 0 Å². The minimum Gasteiger partial charge on any atom is -0.368 e. The predicted molar refractivity (Wildman–Crippen MR) is 138 cm³/mol. The SMILES string of the molecule is CNC(=O)c1cn(CCc2ccccc2)cc(C(=O)N2CCN(c3ccc(C)cc3C)CC2)c1=O. The summed E-state index contributed by atoms with van der Waals surface area (Å²) in [6.07, 6.45) is 3.86. The number of amides is 2. The average Bonchev–Trinajstić information content (AvgIpc) is 2.88. The van der Waals surface area contributed by atoms with Gasteiger partial charge in [0.05, 0.1) is 0 Å². The van der Waals surface area contributed by atoms with Crippen molar-refractivity contribution in [1.82, 2.24) is 14.8 Å². The van der Waals surface area contributed by atoms with E-state index < -0.39 is 11.3 Å². The number of piperazine rings is 1. The van der Waals surface area contributed by atoms with Crippen molar-refractivity contribution < 1.29 is 9.59 Å². The molecule has 0 radical (unpaired) electrons. The van der Waals surface area contributed by atoms with Crippen LogP contribution < -0.4 is 15.6 Å². The molecule has 0 spiro atoms. The predicted octanol–water partition coefficient (Wildman–Crippen LogP) is 3.03. The highest BCUT2D eigenvalue weighted by molar-refractivity contribution is 5.99. The summed E-state index contributed by atoms with van der Waals surface area (Å²) >= 11 is 0. The number of nitrogens with one attached hydrogen (secondary N) is 1. The Bertz CT molecular complexity index is 1280. The van der Waals surface area contributed by atoms with Gasteiger partial charge in [-0.3, -0.25) is 14.4 Å². The van der Waals surface area contributed by atoms with E-state index in [4.69, 9.17) is 0 Å². The first-order valence-corrected chi connectivity index (χ1v) is 12.0. The number of carbonyl (C=O) groups is 2. The number of benzene rings is 2. The summed E-state index contributed by atoms with van der Waals surface area (Å²) in [7, 11) is 1.48. The van der Waals surface area contributed by atoms with E-state index in [1.165, 1.54) is 23.9 Å². The molecule has 7 nitrogen and oxygen atoms in total. The molecular weight excluding hydrogens is 440 g/mol. The Morgan fingerprint density at radius 2 is 1.60 bits per heavy atom. The van der Waals surface area contributed by atoms with Crippen LogP contribution in [0.25, 0.3) is 0 Å². The van der Waals surface area contributed by atoms with Crippen LogP contribution >= 0.6 is 0 Å². The van der Waals surface area contributed by atoms with E-state index in [-0.39, 0.29) is 17.0 Å². The Kier molecular flexibility index (Phi) is 7.34. The largest absolute Gasteiger partial charge is 0.368 e. The molecule has 0 atom stereocenters. The molecule has 0 aliphatic carbocycles. The zero-order valence-electron chi connectivity index (χ0n) is 20.6. The molecule has 2 aromatic carbocycles. The van der Waals surface area contributed by atoms with Crippen molar-refractivity contribution in [1.29, 1.82) is 0 Å². The van der Waals surface area contributed by atoms with Crippen molar-refractivity contribution in [2.75, 3.05) is 38.1 Å². The highest BCUT2D eigenvalue weighted by atomic mass is 16.2. The van der Waals surface area contributed by atoms with Crippen LogP contribution in [0.5, 0.6) is 0 Å². The highest BCUT2D eigenvalue weighted by Gasteiger charge is 2.26. The zero-order chi connectivity index (χ0) is 24.9. The second-order valence-electron chi connectivity index (χ2n) is 9.04. The highest BCUT2D eigenvalue weighted by Crippen LogP contribution is 2.23. The van der Waals surface area contributed by atoms with Gasteiger partial charge in [-0.05, 0) is 37.5 Å². The Morgan fingerprint density at radius 3 is 2.26 bits per heavy atom. The Balaban J connectivity index is 1.54. The number of hydrogen-bond donors (Lipinski definition) is 1. The maximum atomic E-state index is 13.4. The fraction of sp³-hybridized carbons (Fsp3) is 0.321. The average molecular weight is 473 g/mol.